The van der Waals surface area contributed by atoms with Crippen molar-refractivity contribution < 1.29 is 19.1 Å². The third-order valence-electron chi connectivity index (χ3n) is 4.19. The minimum absolute atomic E-state index is 0.155. The van der Waals surface area contributed by atoms with Gasteiger partial charge >= 0.3 is 0 Å². The number of carbonyl (C=O) groups is 3. The average molecular weight is 449 g/mol. The molecule has 0 atom stereocenters. The van der Waals surface area contributed by atoms with Crippen LogP contribution in [0.3, 0.4) is 0 Å². The number of hydrogen-bond acceptors (Lipinski definition) is 5. The van der Waals surface area contributed by atoms with Crippen LogP contribution in [0.4, 0.5) is 4.79 Å². The third kappa shape index (κ3) is 4.54. The summed E-state index contributed by atoms with van der Waals surface area (Å²) in [4.78, 5) is 40.0. The molecule has 2 aliphatic heterocycles. The van der Waals surface area contributed by atoms with Crippen molar-refractivity contribution in [2.45, 2.75) is 12.8 Å². The van der Waals surface area contributed by atoms with Crippen LogP contribution in [0.2, 0.25) is 0 Å². The Kier molecular flexibility index (Phi) is 6.24. The molecule has 2 fully saturated rings. The van der Waals surface area contributed by atoms with E-state index < -0.39 is 11.1 Å². The topological polar surface area (TPSA) is 66.9 Å². The first-order valence-corrected chi connectivity index (χ1v) is 9.99. The molecule has 27 heavy (non-hydrogen) atoms. The number of thioether (sulfide) groups is 1. The highest BCUT2D eigenvalue weighted by molar-refractivity contribution is 9.10. The van der Waals surface area contributed by atoms with Crippen molar-refractivity contribution in [2.75, 3.05) is 26.2 Å². The Morgan fingerprint density at radius 1 is 1.33 bits per heavy atom. The Balaban J connectivity index is 1.71. The molecule has 0 N–H and O–H groups in total. The summed E-state index contributed by atoms with van der Waals surface area (Å²) in [6, 6.07) is 5.27. The molecule has 0 aliphatic carbocycles. The summed E-state index contributed by atoms with van der Waals surface area (Å²) >= 11 is 4.23. The van der Waals surface area contributed by atoms with Gasteiger partial charge in [0.1, 0.15) is 18.9 Å². The zero-order valence-corrected chi connectivity index (χ0v) is 16.8. The van der Waals surface area contributed by atoms with E-state index >= 15 is 0 Å². The van der Waals surface area contributed by atoms with Gasteiger partial charge < -0.3 is 9.64 Å². The second kappa shape index (κ2) is 8.63. The van der Waals surface area contributed by atoms with E-state index in [0.29, 0.717) is 28.2 Å². The predicted octanol–water partition coefficient (Wildman–Crippen LogP) is 3.12. The van der Waals surface area contributed by atoms with Gasteiger partial charge in [0, 0.05) is 13.1 Å². The average Bonchev–Trinajstić information content (AvgIpc) is 3.26. The molecule has 2 saturated heterocycles. The van der Waals surface area contributed by atoms with Crippen LogP contribution in [0.1, 0.15) is 18.4 Å². The standard InChI is InChI=1S/C19H17BrN2O4S/c1-2-9-26-15-6-5-13(10-14(15)20)11-16-18(24)22(19(25)27-16)12-17(23)21-7-3-4-8-21/h1,5-6,10-11H,3-4,7-9,12H2/b16-11+. The van der Waals surface area contributed by atoms with Gasteiger partial charge in [-0.3, -0.25) is 19.3 Å². The van der Waals surface area contributed by atoms with Crippen LogP contribution in [0, 0.1) is 12.3 Å². The largest absolute Gasteiger partial charge is 0.480 e. The van der Waals surface area contributed by atoms with Crippen molar-refractivity contribution in [3.8, 4) is 18.1 Å². The van der Waals surface area contributed by atoms with E-state index in [1.54, 1.807) is 29.2 Å². The molecule has 0 aromatic heterocycles. The van der Waals surface area contributed by atoms with Crippen LogP contribution >= 0.6 is 27.7 Å². The lowest BCUT2D eigenvalue weighted by Gasteiger charge is -2.18. The van der Waals surface area contributed by atoms with Gasteiger partial charge in [-0.05, 0) is 64.3 Å². The smallest absolute Gasteiger partial charge is 0.294 e. The first-order chi connectivity index (χ1) is 13.0. The number of nitrogens with zero attached hydrogens (tertiary/aromatic N) is 2. The zero-order valence-electron chi connectivity index (χ0n) is 14.4. The molecular formula is C19H17BrN2O4S. The van der Waals surface area contributed by atoms with E-state index in [4.69, 9.17) is 11.2 Å². The monoisotopic (exact) mass is 448 g/mol. The zero-order chi connectivity index (χ0) is 19.4. The Hall–Kier alpha value is -2.24. The van der Waals surface area contributed by atoms with Crippen molar-refractivity contribution in [3.63, 3.8) is 0 Å². The fourth-order valence-electron chi connectivity index (χ4n) is 2.83. The summed E-state index contributed by atoms with van der Waals surface area (Å²) in [5.74, 6) is 2.35. The van der Waals surface area contributed by atoms with Gasteiger partial charge in [-0.2, -0.15) is 0 Å². The van der Waals surface area contributed by atoms with Crippen LogP contribution in [0.15, 0.2) is 27.6 Å². The molecule has 0 bridgehead atoms. The van der Waals surface area contributed by atoms with Crippen LogP contribution in [-0.2, 0) is 9.59 Å². The molecule has 0 unspecified atom stereocenters. The van der Waals surface area contributed by atoms with E-state index in [1.807, 2.05) is 0 Å². The molecule has 6 nitrogen and oxygen atoms in total. The fourth-order valence-corrected chi connectivity index (χ4v) is 4.18. The quantitative estimate of drug-likeness (QED) is 0.511. The van der Waals surface area contributed by atoms with Gasteiger partial charge in [-0.25, -0.2) is 0 Å². The highest BCUT2D eigenvalue weighted by Crippen LogP contribution is 2.34. The van der Waals surface area contributed by atoms with Gasteiger partial charge in [0.05, 0.1) is 9.38 Å². The lowest BCUT2D eigenvalue weighted by atomic mass is 10.2. The summed E-state index contributed by atoms with van der Waals surface area (Å²) in [5.41, 5.74) is 0.728. The van der Waals surface area contributed by atoms with E-state index in [-0.39, 0.29) is 19.1 Å². The molecule has 0 saturated carbocycles. The number of ether oxygens (including phenoxy) is 1. The SMILES string of the molecule is C#CCOc1ccc(/C=C2/SC(=O)N(CC(=O)N3CCCC3)C2=O)cc1Br. The highest BCUT2D eigenvalue weighted by Gasteiger charge is 2.37. The van der Waals surface area contributed by atoms with Crippen molar-refractivity contribution in [1.29, 1.82) is 0 Å². The molecule has 1 aromatic carbocycles. The number of hydrogen-bond donors (Lipinski definition) is 0. The Bertz CT molecular complexity index is 856. The number of terminal acetylenes is 1. The van der Waals surface area contributed by atoms with Crippen LogP contribution in [0.5, 0.6) is 5.75 Å². The normalized spacial score (nSPS) is 18.3. The number of rotatable bonds is 5. The minimum atomic E-state index is -0.443. The van der Waals surface area contributed by atoms with Gasteiger partial charge in [0.2, 0.25) is 5.91 Å². The van der Waals surface area contributed by atoms with Crippen molar-refractivity contribution in [3.05, 3.63) is 33.1 Å². The van der Waals surface area contributed by atoms with E-state index in [1.165, 1.54) is 0 Å². The number of carbonyl (C=O) groups excluding carboxylic acids is 3. The molecule has 0 radical (unpaired) electrons. The summed E-state index contributed by atoms with van der Waals surface area (Å²) in [6.45, 7) is 1.33. The maximum atomic E-state index is 12.6. The summed E-state index contributed by atoms with van der Waals surface area (Å²) in [7, 11) is 0. The lowest BCUT2D eigenvalue weighted by molar-refractivity contribution is -0.135. The molecule has 1 aromatic rings. The molecule has 3 rings (SSSR count). The molecule has 2 heterocycles. The van der Waals surface area contributed by atoms with Crippen LogP contribution in [0.25, 0.3) is 6.08 Å². The third-order valence-corrected chi connectivity index (χ3v) is 5.72. The van der Waals surface area contributed by atoms with Crippen molar-refractivity contribution in [1.82, 2.24) is 9.80 Å². The molecule has 2 aliphatic rings. The van der Waals surface area contributed by atoms with Gasteiger partial charge in [-0.15, -0.1) is 6.42 Å². The second-order valence-electron chi connectivity index (χ2n) is 6.04. The Morgan fingerprint density at radius 3 is 2.74 bits per heavy atom. The van der Waals surface area contributed by atoms with Crippen molar-refractivity contribution in [2.24, 2.45) is 0 Å². The minimum Gasteiger partial charge on any atom is -0.480 e. The maximum Gasteiger partial charge on any atom is 0.294 e. The first kappa shape index (κ1) is 19.5. The predicted molar refractivity (Wildman–Crippen MR) is 107 cm³/mol. The molecule has 140 valence electrons. The lowest BCUT2D eigenvalue weighted by Crippen LogP contribution is -2.40. The van der Waals surface area contributed by atoms with Crippen molar-refractivity contribution >= 4 is 50.8 Å². The second-order valence-corrected chi connectivity index (χ2v) is 7.89. The van der Waals surface area contributed by atoms with E-state index in [0.717, 1.165) is 35.1 Å². The number of amides is 3. The Labute approximate surface area is 170 Å². The Morgan fingerprint density at radius 2 is 2.07 bits per heavy atom. The molecule has 3 amide bonds. The number of halogens is 1. The molecule has 8 heteroatoms. The van der Waals surface area contributed by atoms with Gasteiger partial charge in [0.15, 0.2) is 0 Å². The summed E-state index contributed by atoms with van der Waals surface area (Å²) < 4.78 is 6.07. The molecular weight excluding hydrogens is 432 g/mol. The number of benzene rings is 1. The molecule has 0 spiro atoms. The van der Waals surface area contributed by atoms with Crippen LogP contribution in [-0.4, -0.2) is 53.1 Å². The fraction of sp³-hybridized carbons (Fsp3) is 0.316. The highest BCUT2D eigenvalue weighted by atomic mass is 79.9. The number of imide groups is 1. The maximum absolute atomic E-state index is 12.6. The first-order valence-electron chi connectivity index (χ1n) is 8.38. The van der Waals surface area contributed by atoms with Crippen LogP contribution < -0.4 is 4.74 Å². The van der Waals surface area contributed by atoms with E-state index in [9.17, 15) is 14.4 Å². The number of likely N-dealkylation sites (tertiary alicyclic amines) is 1. The van der Waals surface area contributed by atoms with E-state index in [2.05, 4.69) is 21.9 Å². The summed E-state index contributed by atoms with van der Waals surface area (Å²) in [5, 5.41) is -0.424. The van der Waals surface area contributed by atoms with Gasteiger partial charge in [0.25, 0.3) is 11.1 Å². The summed E-state index contributed by atoms with van der Waals surface area (Å²) in [6.07, 6.45) is 8.73. The van der Waals surface area contributed by atoms with Gasteiger partial charge in [-0.1, -0.05) is 12.0 Å².